The number of halogens is 1. The molecule has 1 aromatic heterocycles. The van der Waals surface area contributed by atoms with Crippen molar-refractivity contribution in [1.29, 1.82) is 0 Å². The van der Waals surface area contributed by atoms with Gasteiger partial charge in [0, 0.05) is 28.4 Å². The fraction of sp³-hybridized carbons (Fsp3) is 0.154. The first-order valence-electron chi connectivity index (χ1n) is 10.9. The largest absolute Gasteiger partial charge is 0.416 e. The highest BCUT2D eigenvalue weighted by molar-refractivity contribution is 6.34. The summed E-state index contributed by atoms with van der Waals surface area (Å²) in [7, 11) is 0. The predicted molar refractivity (Wildman–Crippen MR) is 130 cm³/mol. The van der Waals surface area contributed by atoms with Gasteiger partial charge in [0.25, 0.3) is 11.8 Å². The number of nitrogens with one attached hydrogen (secondary N) is 2. The van der Waals surface area contributed by atoms with Crippen LogP contribution in [-0.2, 0) is 0 Å². The number of anilines is 1. The van der Waals surface area contributed by atoms with Crippen LogP contribution in [0.2, 0.25) is 5.02 Å². The Balaban J connectivity index is 1.26. The SMILES string of the molecule is Cc1cccc(-c2nnc(-c3ccc(C(=O)Nc4ccc(C(=O)NC5CC5)c(Cl)c4)cc3)o2)c1. The monoisotopic (exact) mass is 472 g/mol. The number of aryl methyl sites for hydroxylation is 1. The van der Waals surface area contributed by atoms with E-state index in [1.54, 1.807) is 42.5 Å². The van der Waals surface area contributed by atoms with Crippen LogP contribution in [0.15, 0.2) is 71.1 Å². The summed E-state index contributed by atoms with van der Waals surface area (Å²) in [6, 6.07) is 19.8. The minimum absolute atomic E-state index is 0.201. The maximum Gasteiger partial charge on any atom is 0.255 e. The van der Waals surface area contributed by atoms with Gasteiger partial charge in [-0.2, -0.15) is 0 Å². The van der Waals surface area contributed by atoms with Crippen molar-refractivity contribution >= 4 is 29.1 Å². The zero-order valence-electron chi connectivity index (χ0n) is 18.3. The Morgan fingerprint density at radius 3 is 2.32 bits per heavy atom. The van der Waals surface area contributed by atoms with E-state index in [9.17, 15) is 9.59 Å². The maximum atomic E-state index is 12.7. The highest BCUT2D eigenvalue weighted by Crippen LogP contribution is 2.26. The first kappa shape index (κ1) is 21.9. The van der Waals surface area contributed by atoms with Gasteiger partial charge < -0.3 is 15.1 Å². The second kappa shape index (κ2) is 9.11. The number of aromatic nitrogens is 2. The molecule has 2 N–H and O–H groups in total. The van der Waals surface area contributed by atoms with Gasteiger partial charge in [-0.05, 0) is 74.4 Å². The van der Waals surface area contributed by atoms with Crippen molar-refractivity contribution in [1.82, 2.24) is 15.5 Å². The fourth-order valence-corrected chi connectivity index (χ4v) is 3.74. The zero-order valence-corrected chi connectivity index (χ0v) is 19.1. The molecule has 7 nitrogen and oxygen atoms in total. The number of benzene rings is 3. The molecule has 1 aliphatic rings. The zero-order chi connectivity index (χ0) is 23.7. The van der Waals surface area contributed by atoms with Crippen LogP contribution in [0.5, 0.6) is 0 Å². The van der Waals surface area contributed by atoms with Gasteiger partial charge in [-0.1, -0.05) is 29.3 Å². The maximum absolute atomic E-state index is 12.7. The molecular weight excluding hydrogens is 452 g/mol. The van der Waals surface area contributed by atoms with E-state index in [1.807, 2.05) is 31.2 Å². The quantitative estimate of drug-likeness (QED) is 0.385. The van der Waals surface area contributed by atoms with Crippen molar-refractivity contribution in [3.8, 4) is 22.9 Å². The summed E-state index contributed by atoms with van der Waals surface area (Å²) in [6.45, 7) is 2.00. The summed E-state index contributed by atoms with van der Waals surface area (Å²) in [6.07, 6.45) is 1.99. The molecule has 0 atom stereocenters. The van der Waals surface area contributed by atoms with Gasteiger partial charge in [-0.3, -0.25) is 9.59 Å². The average molecular weight is 473 g/mol. The van der Waals surface area contributed by atoms with Crippen LogP contribution >= 0.6 is 11.6 Å². The lowest BCUT2D eigenvalue weighted by Gasteiger charge is -2.09. The lowest BCUT2D eigenvalue weighted by molar-refractivity contribution is 0.0950. The molecule has 0 unspecified atom stereocenters. The molecule has 8 heteroatoms. The van der Waals surface area contributed by atoms with Crippen LogP contribution in [0.1, 0.15) is 39.1 Å². The minimum atomic E-state index is -0.302. The molecule has 1 aliphatic carbocycles. The minimum Gasteiger partial charge on any atom is -0.416 e. The van der Waals surface area contributed by atoms with E-state index in [2.05, 4.69) is 20.8 Å². The molecule has 0 spiro atoms. The number of nitrogens with zero attached hydrogens (tertiary/aromatic N) is 2. The third kappa shape index (κ3) is 4.84. The van der Waals surface area contributed by atoms with Gasteiger partial charge in [-0.15, -0.1) is 10.2 Å². The summed E-state index contributed by atoms with van der Waals surface area (Å²) >= 11 is 6.27. The lowest BCUT2D eigenvalue weighted by Crippen LogP contribution is -2.25. The van der Waals surface area contributed by atoms with Crippen molar-refractivity contribution < 1.29 is 14.0 Å². The molecular formula is C26H21ClN4O3. The fourth-order valence-electron chi connectivity index (χ4n) is 3.47. The number of hydrogen-bond donors (Lipinski definition) is 2. The second-order valence-corrected chi connectivity index (χ2v) is 8.66. The summed E-state index contributed by atoms with van der Waals surface area (Å²) in [5.41, 5.74) is 4.00. The summed E-state index contributed by atoms with van der Waals surface area (Å²) in [5.74, 6) is 0.304. The molecule has 0 bridgehead atoms. The normalized spacial score (nSPS) is 12.9. The van der Waals surface area contributed by atoms with E-state index in [0.717, 1.165) is 24.0 Å². The molecule has 1 heterocycles. The van der Waals surface area contributed by atoms with Crippen molar-refractivity contribution in [3.05, 3.63) is 88.4 Å². The second-order valence-electron chi connectivity index (χ2n) is 8.26. The van der Waals surface area contributed by atoms with Gasteiger partial charge in [0.1, 0.15) is 0 Å². The van der Waals surface area contributed by atoms with Crippen molar-refractivity contribution in [2.24, 2.45) is 0 Å². The Bertz CT molecular complexity index is 1380. The van der Waals surface area contributed by atoms with Crippen LogP contribution < -0.4 is 10.6 Å². The van der Waals surface area contributed by atoms with Crippen LogP contribution in [-0.4, -0.2) is 28.1 Å². The number of hydrogen-bond acceptors (Lipinski definition) is 5. The van der Waals surface area contributed by atoms with Crippen molar-refractivity contribution in [2.45, 2.75) is 25.8 Å². The summed E-state index contributed by atoms with van der Waals surface area (Å²) < 4.78 is 5.81. The van der Waals surface area contributed by atoms with E-state index < -0.39 is 0 Å². The van der Waals surface area contributed by atoms with E-state index >= 15 is 0 Å². The number of amides is 2. The standard InChI is InChI=1S/C26H21ClN4O3/c1-15-3-2-4-18(13-15)26-31-30-25(34-26)17-7-5-16(6-8-17)23(32)29-20-11-12-21(22(27)14-20)24(33)28-19-9-10-19/h2-8,11-14,19H,9-10H2,1H3,(H,28,33)(H,29,32). The molecule has 5 rings (SSSR count). The van der Waals surface area contributed by atoms with Gasteiger partial charge >= 0.3 is 0 Å². The molecule has 1 fully saturated rings. The molecule has 0 saturated heterocycles. The Morgan fingerprint density at radius 2 is 1.65 bits per heavy atom. The smallest absolute Gasteiger partial charge is 0.255 e. The Labute approximate surface area is 201 Å². The lowest BCUT2D eigenvalue weighted by atomic mass is 10.1. The average Bonchev–Trinajstić information content (AvgIpc) is 3.50. The van der Waals surface area contributed by atoms with Gasteiger partial charge in [0.2, 0.25) is 11.8 Å². The third-order valence-corrected chi connectivity index (χ3v) is 5.78. The summed E-state index contributed by atoms with van der Waals surface area (Å²) in [4.78, 5) is 24.9. The van der Waals surface area contributed by atoms with Gasteiger partial charge in [0.05, 0.1) is 10.6 Å². The number of rotatable bonds is 6. The van der Waals surface area contributed by atoms with E-state index in [-0.39, 0.29) is 22.9 Å². The first-order valence-corrected chi connectivity index (χ1v) is 11.3. The highest BCUT2D eigenvalue weighted by atomic mass is 35.5. The molecule has 2 amide bonds. The van der Waals surface area contributed by atoms with Crippen LogP contribution in [0.3, 0.4) is 0 Å². The van der Waals surface area contributed by atoms with Gasteiger partial charge in [0.15, 0.2) is 0 Å². The number of carbonyl (C=O) groups excluding carboxylic acids is 2. The first-order chi connectivity index (χ1) is 16.5. The predicted octanol–water partition coefficient (Wildman–Crippen LogP) is 5.51. The Hall–Kier alpha value is -3.97. The molecule has 170 valence electrons. The topological polar surface area (TPSA) is 97.1 Å². The van der Waals surface area contributed by atoms with Crippen molar-refractivity contribution in [3.63, 3.8) is 0 Å². The summed E-state index contributed by atoms with van der Waals surface area (Å²) in [5, 5.41) is 14.2. The molecule has 4 aromatic rings. The van der Waals surface area contributed by atoms with Crippen molar-refractivity contribution in [2.75, 3.05) is 5.32 Å². The molecule has 34 heavy (non-hydrogen) atoms. The van der Waals surface area contributed by atoms with Crippen LogP contribution in [0.25, 0.3) is 22.9 Å². The molecule has 0 aliphatic heterocycles. The highest BCUT2D eigenvalue weighted by Gasteiger charge is 2.24. The van der Waals surface area contributed by atoms with E-state index in [1.165, 1.54) is 0 Å². The Morgan fingerprint density at radius 1 is 0.912 bits per heavy atom. The van der Waals surface area contributed by atoms with Crippen LogP contribution in [0.4, 0.5) is 5.69 Å². The van der Waals surface area contributed by atoms with E-state index in [0.29, 0.717) is 34.2 Å². The molecule has 0 radical (unpaired) electrons. The Kier molecular flexibility index (Phi) is 5.86. The third-order valence-electron chi connectivity index (χ3n) is 5.47. The molecule has 1 saturated carbocycles. The number of carbonyl (C=O) groups is 2. The molecule has 3 aromatic carbocycles. The van der Waals surface area contributed by atoms with Crippen LogP contribution in [0, 0.1) is 6.92 Å². The van der Waals surface area contributed by atoms with E-state index in [4.69, 9.17) is 16.0 Å². The van der Waals surface area contributed by atoms with Gasteiger partial charge in [-0.25, -0.2) is 0 Å².